The number of nitrogens with zero attached hydrogens (tertiary/aromatic N) is 1. The number of benzene rings is 1. The molecule has 21 heavy (non-hydrogen) atoms. The van der Waals surface area contributed by atoms with Gasteiger partial charge in [0.25, 0.3) is 0 Å². The SMILES string of the molecule is COCCNC(=O)CCN(c1ccc(C)cc1)S(C)(=O)=O. The van der Waals surface area contributed by atoms with E-state index in [-0.39, 0.29) is 18.9 Å². The minimum Gasteiger partial charge on any atom is -0.383 e. The first-order chi connectivity index (χ1) is 9.84. The Balaban J connectivity index is 2.68. The van der Waals surface area contributed by atoms with E-state index in [0.29, 0.717) is 18.8 Å². The zero-order chi connectivity index (χ0) is 15.9. The number of aryl methyl sites for hydroxylation is 1. The molecule has 0 aliphatic carbocycles. The molecule has 0 fully saturated rings. The fourth-order valence-electron chi connectivity index (χ4n) is 1.78. The Bertz CT molecular complexity index is 555. The van der Waals surface area contributed by atoms with Gasteiger partial charge in [-0.15, -0.1) is 0 Å². The summed E-state index contributed by atoms with van der Waals surface area (Å²) in [6, 6.07) is 7.15. The molecular weight excluding hydrogens is 292 g/mol. The lowest BCUT2D eigenvalue weighted by Gasteiger charge is -2.22. The van der Waals surface area contributed by atoms with Gasteiger partial charge in [-0.2, -0.15) is 0 Å². The lowest BCUT2D eigenvalue weighted by molar-refractivity contribution is -0.121. The lowest BCUT2D eigenvalue weighted by atomic mass is 10.2. The van der Waals surface area contributed by atoms with E-state index in [9.17, 15) is 13.2 Å². The topological polar surface area (TPSA) is 75.7 Å². The Morgan fingerprint density at radius 3 is 2.43 bits per heavy atom. The second-order valence-electron chi connectivity index (χ2n) is 4.76. The van der Waals surface area contributed by atoms with Crippen LogP contribution in [0.15, 0.2) is 24.3 Å². The zero-order valence-electron chi connectivity index (χ0n) is 12.6. The average Bonchev–Trinajstić information content (AvgIpc) is 2.40. The molecule has 0 spiro atoms. The maximum Gasteiger partial charge on any atom is 0.232 e. The van der Waals surface area contributed by atoms with Crippen molar-refractivity contribution in [3.05, 3.63) is 29.8 Å². The standard InChI is InChI=1S/C14H22N2O4S/c1-12-4-6-13(7-5-12)16(21(3,18)19)10-8-14(17)15-9-11-20-2/h4-7H,8-11H2,1-3H3,(H,15,17). The Labute approximate surface area is 126 Å². The number of sulfonamides is 1. The Morgan fingerprint density at radius 2 is 1.90 bits per heavy atom. The molecule has 1 aromatic rings. The van der Waals surface area contributed by atoms with Crippen molar-refractivity contribution >= 4 is 21.6 Å². The van der Waals surface area contributed by atoms with Crippen LogP contribution in [0.1, 0.15) is 12.0 Å². The average molecular weight is 314 g/mol. The monoisotopic (exact) mass is 314 g/mol. The molecule has 0 aliphatic rings. The van der Waals surface area contributed by atoms with Gasteiger partial charge in [0.15, 0.2) is 0 Å². The number of nitrogens with one attached hydrogen (secondary N) is 1. The number of hydrogen-bond donors (Lipinski definition) is 1. The van der Waals surface area contributed by atoms with E-state index in [2.05, 4.69) is 5.32 Å². The van der Waals surface area contributed by atoms with Crippen molar-refractivity contribution in [2.24, 2.45) is 0 Å². The van der Waals surface area contributed by atoms with Gasteiger partial charge in [-0.1, -0.05) is 17.7 Å². The van der Waals surface area contributed by atoms with Crippen molar-refractivity contribution < 1.29 is 17.9 Å². The highest BCUT2D eigenvalue weighted by atomic mass is 32.2. The molecule has 0 aliphatic heterocycles. The molecule has 6 nitrogen and oxygen atoms in total. The van der Waals surface area contributed by atoms with Gasteiger partial charge in [-0.05, 0) is 19.1 Å². The van der Waals surface area contributed by atoms with Crippen LogP contribution in [0, 0.1) is 6.92 Å². The number of methoxy groups -OCH3 is 1. The van der Waals surface area contributed by atoms with Crippen LogP contribution < -0.4 is 9.62 Å². The van der Waals surface area contributed by atoms with Gasteiger partial charge in [-0.25, -0.2) is 8.42 Å². The number of anilines is 1. The van der Waals surface area contributed by atoms with Gasteiger partial charge >= 0.3 is 0 Å². The Kier molecular flexibility index (Phi) is 6.64. The van der Waals surface area contributed by atoms with Crippen LogP contribution in [-0.2, 0) is 19.6 Å². The summed E-state index contributed by atoms with van der Waals surface area (Å²) in [5.41, 5.74) is 1.61. The van der Waals surface area contributed by atoms with Gasteiger partial charge in [0.05, 0.1) is 18.6 Å². The predicted molar refractivity (Wildman–Crippen MR) is 82.9 cm³/mol. The minimum atomic E-state index is -3.42. The fourth-order valence-corrected chi connectivity index (χ4v) is 2.71. The van der Waals surface area contributed by atoms with Gasteiger partial charge in [0.1, 0.15) is 0 Å². The molecule has 1 amide bonds. The Morgan fingerprint density at radius 1 is 1.29 bits per heavy atom. The third-order valence-electron chi connectivity index (χ3n) is 2.89. The second-order valence-corrected chi connectivity index (χ2v) is 6.67. The normalized spacial score (nSPS) is 11.2. The number of amides is 1. The van der Waals surface area contributed by atoms with Crippen molar-refractivity contribution in [1.82, 2.24) is 5.32 Å². The van der Waals surface area contributed by atoms with E-state index in [1.54, 1.807) is 19.2 Å². The third kappa shape index (κ3) is 6.14. The first-order valence-electron chi connectivity index (χ1n) is 6.64. The summed E-state index contributed by atoms with van der Waals surface area (Å²) < 4.78 is 29.8. The minimum absolute atomic E-state index is 0.102. The maximum atomic E-state index is 11.9. The van der Waals surface area contributed by atoms with Crippen molar-refractivity contribution in [2.75, 3.05) is 37.4 Å². The smallest absolute Gasteiger partial charge is 0.232 e. The van der Waals surface area contributed by atoms with Crippen LogP contribution in [0.5, 0.6) is 0 Å². The van der Waals surface area contributed by atoms with Crippen LogP contribution in [0.25, 0.3) is 0 Å². The molecule has 0 unspecified atom stereocenters. The van der Waals surface area contributed by atoms with Crippen molar-refractivity contribution in [3.63, 3.8) is 0 Å². The maximum absolute atomic E-state index is 11.9. The number of carbonyl (C=O) groups is 1. The Hall–Kier alpha value is -1.60. The first kappa shape index (κ1) is 17.5. The molecule has 0 radical (unpaired) electrons. The summed E-state index contributed by atoms with van der Waals surface area (Å²) in [7, 11) is -1.87. The summed E-state index contributed by atoms with van der Waals surface area (Å²) in [6.07, 6.45) is 1.24. The fraction of sp³-hybridized carbons (Fsp3) is 0.500. The quantitative estimate of drug-likeness (QED) is 0.724. The first-order valence-corrected chi connectivity index (χ1v) is 8.49. The second kappa shape index (κ2) is 7.99. The van der Waals surface area contributed by atoms with Crippen LogP contribution in [-0.4, -0.2) is 47.4 Å². The molecule has 118 valence electrons. The van der Waals surface area contributed by atoms with Gasteiger partial charge in [0.2, 0.25) is 15.9 Å². The predicted octanol–water partition coefficient (Wildman–Crippen LogP) is 0.914. The lowest BCUT2D eigenvalue weighted by Crippen LogP contribution is -2.35. The summed E-state index contributed by atoms with van der Waals surface area (Å²) in [5.74, 6) is -0.201. The van der Waals surface area contributed by atoms with Gasteiger partial charge < -0.3 is 10.1 Å². The molecule has 0 heterocycles. The summed E-state index contributed by atoms with van der Waals surface area (Å²) in [5, 5.41) is 2.67. The molecule has 1 N–H and O–H groups in total. The van der Waals surface area contributed by atoms with Crippen LogP contribution in [0.3, 0.4) is 0 Å². The van der Waals surface area contributed by atoms with Crippen molar-refractivity contribution in [2.45, 2.75) is 13.3 Å². The van der Waals surface area contributed by atoms with Crippen molar-refractivity contribution in [1.29, 1.82) is 0 Å². The van der Waals surface area contributed by atoms with Crippen molar-refractivity contribution in [3.8, 4) is 0 Å². The van der Waals surface area contributed by atoms with Gasteiger partial charge in [-0.3, -0.25) is 9.10 Å². The van der Waals surface area contributed by atoms with Crippen LogP contribution in [0.4, 0.5) is 5.69 Å². The summed E-state index contributed by atoms with van der Waals surface area (Å²) >= 11 is 0. The van der Waals surface area contributed by atoms with E-state index >= 15 is 0 Å². The van der Waals surface area contributed by atoms with E-state index in [1.165, 1.54) is 4.31 Å². The molecule has 0 saturated carbocycles. The van der Waals surface area contributed by atoms with E-state index in [4.69, 9.17) is 4.74 Å². The highest BCUT2D eigenvalue weighted by Gasteiger charge is 2.18. The number of ether oxygens (including phenoxy) is 1. The molecule has 1 aromatic carbocycles. The van der Waals surface area contributed by atoms with E-state index in [0.717, 1.165) is 11.8 Å². The molecule has 0 atom stereocenters. The van der Waals surface area contributed by atoms with Crippen LogP contribution >= 0.6 is 0 Å². The number of carbonyl (C=O) groups excluding carboxylic acids is 1. The van der Waals surface area contributed by atoms with E-state index < -0.39 is 10.0 Å². The molecule has 7 heteroatoms. The molecule has 0 bridgehead atoms. The zero-order valence-corrected chi connectivity index (χ0v) is 13.4. The highest BCUT2D eigenvalue weighted by molar-refractivity contribution is 7.92. The number of rotatable bonds is 8. The molecule has 0 aromatic heterocycles. The summed E-state index contributed by atoms with van der Waals surface area (Å²) in [6.45, 7) is 2.89. The molecule has 0 saturated heterocycles. The third-order valence-corrected chi connectivity index (χ3v) is 4.09. The van der Waals surface area contributed by atoms with Crippen LogP contribution in [0.2, 0.25) is 0 Å². The highest BCUT2D eigenvalue weighted by Crippen LogP contribution is 2.18. The number of hydrogen-bond acceptors (Lipinski definition) is 4. The van der Waals surface area contributed by atoms with Gasteiger partial charge in [0, 0.05) is 26.6 Å². The van der Waals surface area contributed by atoms with E-state index in [1.807, 2.05) is 19.1 Å². The summed E-state index contributed by atoms with van der Waals surface area (Å²) in [4.78, 5) is 11.6. The molecular formula is C14H22N2O4S. The largest absolute Gasteiger partial charge is 0.383 e. The molecule has 1 rings (SSSR count).